The zero-order valence-corrected chi connectivity index (χ0v) is 22.3. The molecule has 1 fully saturated rings. The van der Waals surface area contributed by atoms with Crippen molar-refractivity contribution in [3.8, 4) is 11.5 Å². The van der Waals surface area contributed by atoms with Crippen molar-refractivity contribution in [2.75, 3.05) is 38.0 Å². The molecule has 0 spiro atoms. The van der Waals surface area contributed by atoms with Crippen molar-refractivity contribution >= 4 is 29.1 Å². The van der Waals surface area contributed by atoms with Crippen LogP contribution in [0.15, 0.2) is 78.9 Å². The van der Waals surface area contributed by atoms with Crippen LogP contribution in [0.4, 0.5) is 5.69 Å². The Bertz CT molecular complexity index is 1150. The Balaban J connectivity index is 1.25. The molecular weight excluding hydrogens is 500 g/mol. The first-order valence-electron chi connectivity index (χ1n) is 13.1. The van der Waals surface area contributed by atoms with Crippen LogP contribution in [-0.4, -0.2) is 55.5 Å². The monoisotopic (exact) mass is 534 g/mol. The Labute approximate surface area is 229 Å². The lowest BCUT2D eigenvalue weighted by atomic mass is 10.0. The molecule has 4 rings (SSSR count). The first-order valence-corrected chi connectivity index (χ1v) is 13.5. The van der Waals surface area contributed by atoms with E-state index in [1.54, 1.807) is 24.3 Å². The number of anilines is 1. The van der Waals surface area contributed by atoms with Gasteiger partial charge < -0.3 is 25.6 Å². The third-order valence-electron chi connectivity index (χ3n) is 6.43. The van der Waals surface area contributed by atoms with Crippen LogP contribution < -0.4 is 20.7 Å². The van der Waals surface area contributed by atoms with Gasteiger partial charge in [0.05, 0.1) is 6.54 Å². The molecule has 1 atom stereocenters. The predicted molar refractivity (Wildman–Crippen MR) is 152 cm³/mol. The van der Waals surface area contributed by atoms with Crippen LogP contribution in [0.1, 0.15) is 24.8 Å². The second-order valence-corrected chi connectivity index (χ2v) is 9.93. The van der Waals surface area contributed by atoms with E-state index in [0.29, 0.717) is 29.5 Å². The Hall–Kier alpha value is -3.55. The van der Waals surface area contributed by atoms with Crippen LogP contribution in [0, 0.1) is 0 Å². The zero-order chi connectivity index (χ0) is 26.6. The highest BCUT2D eigenvalue weighted by Gasteiger charge is 2.18. The number of ether oxygens (including phenoxy) is 1. The second kappa shape index (κ2) is 14.4. The van der Waals surface area contributed by atoms with Gasteiger partial charge in [-0.05, 0) is 86.4 Å². The molecular formula is C30H35ClN4O3. The number of carbonyl (C=O) groups is 2. The maximum atomic E-state index is 12.8. The molecule has 8 heteroatoms. The highest BCUT2D eigenvalue weighted by molar-refractivity contribution is 6.30. The van der Waals surface area contributed by atoms with Crippen LogP contribution >= 0.6 is 11.6 Å². The molecule has 1 saturated heterocycles. The first kappa shape index (κ1) is 27.5. The molecule has 0 aliphatic carbocycles. The second-order valence-electron chi connectivity index (χ2n) is 9.49. The van der Waals surface area contributed by atoms with Gasteiger partial charge in [-0.2, -0.15) is 0 Å². The van der Waals surface area contributed by atoms with E-state index in [-0.39, 0.29) is 30.8 Å². The number of likely N-dealkylation sites (tertiary alicyclic amines) is 1. The molecule has 3 aromatic rings. The number of nitrogens with one attached hydrogen (secondary N) is 3. The molecule has 2 amide bonds. The van der Waals surface area contributed by atoms with Gasteiger partial charge in [-0.25, -0.2) is 0 Å². The van der Waals surface area contributed by atoms with E-state index < -0.39 is 0 Å². The number of nitrogens with zero attached hydrogens (tertiary/aromatic N) is 1. The van der Waals surface area contributed by atoms with Crippen molar-refractivity contribution in [1.82, 2.24) is 15.5 Å². The number of hydrogen-bond donors (Lipinski definition) is 3. The maximum Gasteiger partial charge on any atom is 0.239 e. The number of carbonyl (C=O) groups excluding carboxylic acids is 2. The predicted octanol–water partition coefficient (Wildman–Crippen LogP) is 4.87. The SMILES string of the molecule is O=C(C[C@H](Cc1ccccc1)NC(=O)CNc1ccc(Oc2ccc(Cl)cc2)cc1)NCCN1CCCC1. The van der Waals surface area contributed by atoms with Crippen LogP contribution in [0.2, 0.25) is 5.02 Å². The number of hydrogen-bond acceptors (Lipinski definition) is 5. The molecule has 3 aromatic carbocycles. The van der Waals surface area contributed by atoms with Gasteiger partial charge >= 0.3 is 0 Å². The Kier molecular flexibility index (Phi) is 10.4. The van der Waals surface area contributed by atoms with Gasteiger partial charge in [-0.1, -0.05) is 41.9 Å². The van der Waals surface area contributed by atoms with Crippen molar-refractivity contribution in [1.29, 1.82) is 0 Å². The lowest BCUT2D eigenvalue weighted by Crippen LogP contribution is -2.43. The molecule has 0 saturated carbocycles. The molecule has 7 nitrogen and oxygen atoms in total. The van der Waals surface area contributed by atoms with E-state index in [1.165, 1.54) is 12.8 Å². The van der Waals surface area contributed by atoms with Gasteiger partial charge in [-0.15, -0.1) is 0 Å². The van der Waals surface area contributed by atoms with Gasteiger partial charge in [-0.3, -0.25) is 9.59 Å². The minimum Gasteiger partial charge on any atom is -0.457 e. The lowest BCUT2D eigenvalue weighted by molar-refractivity contribution is -0.122. The summed E-state index contributed by atoms with van der Waals surface area (Å²) in [5.74, 6) is 1.16. The molecule has 1 heterocycles. The van der Waals surface area contributed by atoms with E-state index in [1.807, 2.05) is 54.6 Å². The van der Waals surface area contributed by atoms with E-state index in [9.17, 15) is 9.59 Å². The molecule has 1 aliphatic rings. The van der Waals surface area contributed by atoms with E-state index in [2.05, 4.69) is 20.9 Å². The van der Waals surface area contributed by atoms with Crippen molar-refractivity contribution in [3.63, 3.8) is 0 Å². The Morgan fingerprint density at radius 2 is 1.53 bits per heavy atom. The molecule has 200 valence electrons. The summed E-state index contributed by atoms with van der Waals surface area (Å²) in [6, 6.07) is 24.1. The minimum atomic E-state index is -0.298. The van der Waals surface area contributed by atoms with E-state index in [0.717, 1.165) is 30.9 Å². The highest BCUT2D eigenvalue weighted by Crippen LogP contribution is 2.24. The van der Waals surface area contributed by atoms with Crippen molar-refractivity contribution in [2.24, 2.45) is 0 Å². The fourth-order valence-corrected chi connectivity index (χ4v) is 4.60. The average Bonchev–Trinajstić information content (AvgIpc) is 3.44. The molecule has 0 aromatic heterocycles. The topological polar surface area (TPSA) is 82.7 Å². The highest BCUT2D eigenvalue weighted by atomic mass is 35.5. The molecule has 0 bridgehead atoms. The standard InChI is InChI=1S/C30H35ClN4O3/c31-24-8-12-27(13-9-24)38-28-14-10-25(11-15-28)33-22-30(37)34-26(20-23-6-2-1-3-7-23)21-29(36)32-16-19-35-17-4-5-18-35/h1-3,6-15,26,33H,4-5,16-22H2,(H,32,36)(H,34,37)/t26-/m0/s1. The third kappa shape index (κ3) is 9.39. The summed E-state index contributed by atoms with van der Waals surface area (Å²) < 4.78 is 5.81. The summed E-state index contributed by atoms with van der Waals surface area (Å²) in [6.07, 6.45) is 3.28. The summed E-state index contributed by atoms with van der Waals surface area (Å²) in [6.45, 7) is 3.81. The summed E-state index contributed by atoms with van der Waals surface area (Å²) in [5, 5.41) is 9.85. The largest absolute Gasteiger partial charge is 0.457 e. The smallest absolute Gasteiger partial charge is 0.239 e. The number of benzene rings is 3. The molecule has 0 radical (unpaired) electrons. The van der Waals surface area contributed by atoms with Gasteiger partial charge in [0.15, 0.2) is 0 Å². The average molecular weight is 535 g/mol. The lowest BCUT2D eigenvalue weighted by Gasteiger charge is -2.20. The third-order valence-corrected chi connectivity index (χ3v) is 6.68. The van der Waals surface area contributed by atoms with Gasteiger partial charge in [0.25, 0.3) is 0 Å². The summed E-state index contributed by atoms with van der Waals surface area (Å²) in [4.78, 5) is 27.8. The number of rotatable bonds is 13. The van der Waals surface area contributed by atoms with Crippen LogP contribution in [0.25, 0.3) is 0 Å². The number of amides is 2. The molecule has 38 heavy (non-hydrogen) atoms. The molecule has 0 unspecified atom stereocenters. The zero-order valence-electron chi connectivity index (χ0n) is 21.5. The van der Waals surface area contributed by atoms with Gasteiger partial charge in [0.2, 0.25) is 11.8 Å². The van der Waals surface area contributed by atoms with E-state index >= 15 is 0 Å². The van der Waals surface area contributed by atoms with Crippen molar-refractivity contribution in [2.45, 2.75) is 31.7 Å². The van der Waals surface area contributed by atoms with E-state index in [4.69, 9.17) is 16.3 Å². The first-order chi connectivity index (χ1) is 18.5. The van der Waals surface area contributed by atoms with Crippen LogP contribution in [0.5, 0.6) is 11.5 Å². The molecule has 3 N–H and O–H groups in total. The minimum absolute atomic E-state index is 0.0466. The van der Waals surface area contributed by atoms with Crippen molar-refractivity contribution in [3.05, 3.63) is 89.4 Å². The Morgan fingerprint density at radius 1 is 0.868 bits per heavy atom. The fourth-order valence-electron chi connectivity index (χ4n) is 4.47. The number of halogens is 1. The van der Waals surface area contributed by atoms with Gasteiger partial charge in [0, 0.05) is 36.3 Å². The summed E-state index contributed by atoms with van der Waals surface area (Å²) in [7, 11) is 0. The van der Waals surface area contributed by atoms with Gasteiger partial charge in [0.1, 0.15) is 11.5 Å². The van der Waals surface area contributed by atoms with Crippen LogP contribution in [0.3, 0.4) is 0 Å². The fraction of sp³-hybridized carbons (Fsp3) is 0.333. The summed E-state index contributed by atoms with van der Waals surface area (Å²) in [5.41, 5.74) is 1.87. The Morgan fingerprint density at radius 3 is 2.21 bits per heavy atom. The normalized spacial score (nSPS) is 14.0. The van der Waals surface area contributed by atoms with Crippen LogP contribution in [-0.2, 0) is 16.0 Å². The maximum absolute atomic E-state index is 12.8. The van der Waals surface area contributed by atoms with Crippen molar-refractivity contribution < 1.29 is 14.3 Å². The molecule has 1 aliphatic heterocycles. The quantitative estimate of drug-likeness (QED) is 0.291. The summed E-state index contributed by atoms with van der Waals surface area (Å²) >= 11 is 5.92.